The van der Waals surface area contributed by atoms with E-state index in [2.05, 4.69) is 53.3 Å². The van der Waals surface area contributed by atoms with Gasteiger partial charge in [0.1, 0.15) is 5.82 Å². The molecule has 122 valence electrons. The van der Waals surface area contributed by atoms with E-state index in [0.717, 1.165) is 37.4 Å². The summed E-state index contributed by atoms with van der Waals surface area (Å²) in [6.45, 7) is 8.61. The second-order valence-corrected chi connectivity index (χ2v) is 6.17. The molecule has 2 heterocycles. The molecular formula is C19H26N4. The number of nitrogens with zero attached hydrogens (tertiary/aromatic N) is 3. The molecule has 1 aliphatic heterocycles. The van der Waals surface area contributed by atoms with E-state index in [9.17, 15) is 0 Å². The summed E-state index contributed by atoms with van der Waals surface area (Å²) in [7, 11) is 0. The molecule has 1 aliphatic rings. The monoisotopic (exact) mass is 310 g/mol. The highest BCUT2D eigenvalue weighted by atomic mass is 15.2. The van der Waals surface area contributed by atoms with Crippen LogP contribution in [-0.4, -0.2) is 23.1 Å². The van der Waals surface area contributed by atoms with Crippen LogP contribution in [0.2, 0.25) is 0 Å². The molecule has 4 nitrogen and oxygen atoms in total. The van der Waals surface area contributed by atoms with Crippen molar-refractivity contribution >= 4 is 17.5 Å². The van der Waals surface area contributed by atoms with Crippen LogP contribution in [0.5, 0.6) is 0 Å². The van der Waals surface area contributed by atoms with E-state index in [1.807, 2.05) is 6.92 Å². The quantitative estimate of drug-likeness (QED) is 0.896. The van der Waals surface area contributed by atoms with E-state index >= 15 is 0 Å². The van der Waals surface area contributed by atoms with E-state index in [-0.39, 0.29) is 0 Å². The molecule has 1 aromatic heterocycles. The number of para-hydroxylation sites is 1. The lowest BCUT2D eigenvalue weighted by Crippen LogP contribution is -2.20. The molecule has 0 saturated carbocycles. The molecule has 3 rings (SSSR count). The summed E-state index contributed by atoms with van der Waals surface area (Å²) >= 11 is 0. The van der Waals surface area contributed by atoms with E-state index in [1.165, 1.54) is 29.7 Å². The van der Waals surface area contributed by atoms with E-state index in [4.69, 9.17) is 4.98 Å². The largest absolute Gasteiger partial charge is 0.356 e. The van der Waals surface area contributed by atoms with Crippen molar-refractivity contribution in [3.63, 3.8) is 0 Å². The number of benzene rings is 1. The molecule has 0 unspecified atom stereocenters. The lowest BCUT2D eigenvalue weighted by molar-refractivity contribution is 0.922. The standard InChI is InChI=1S/C19H26N4/c1-4-15-9-8-10-16(5-2)18(15)22-19-20-14(3)13-17(21-19)23-11-6-7-12-23/h8-10,13H,4-7,11-12H2,1-3H3,(H,20,21,22). The fourth-order valence-corrected chi connectivity index (χ4v) is 3.23. The van der Waals surface area contributed by atoms with Crippen molar-refractivity contribution < 1.29 is 0 Å². The van der Waals surface area contributed by atoms with Gasteiger partial charge in [-0.2, -0.15) is 4.98 Å². The highest BCUT2D eigenvalue weighted by Gasteiger charge is 2.16. The van der Waals surface area contributed by atoms with Crippen LogP contribution in [0.25, 0.3) is 0 Å². The summed E-state index contributed by atoms with van der Waals surface area (Å²) in [6, 6.07) is 8.58. The van der Waals surface area contributed by atoms with Crippen molar-refractivity contribution in [2.75, 3.05) is 23.3 Å². The van der Waals surface area contributed by atoms with Crippen LogP contribution in [0, 0.1) is 6.92 Å². The molecule has 0 bridgehead atoms. The van der Waals surface area contributed by atoms with Gasteiger partial charge in [0.25, 0.3) is 0 Å². The van der Waals surface area contributed by atoms with E-state index in [0.29, 0.717) is 5.95 Å². The first-order chi connectivity index (χ1) is 11.2. The number of anilines is 3. The number of rotatable bonds is 5. The van der Waals surface area contributed by atoms with Crippen LogP contribution in [0.3, 0.4) is 0 Å². The van der Waals surface area contributed by atoms with Crippen molar-refractivity contribution in [3.8, 4) is 0 Å². The van der Waals surface area contributed by atoms with Crippen LogP contribution in [-0.2, 0) is 12.8 Å². The second-order valence-electron chi connectivity index (χ2n) is 6.17. The molecule has 0 amide bonds. The first-order valence-electron chi connectivity index (χ1n) is 8.69. The van der Waals surface area contributed by atoms with Crippen molar-refractivity contribution in [1.29, 1.82) is 0 Å². The summed E-state index contributed by atoms with van der Waals surface area (Å²) in [5, 5.41) is 3.50. The van der Waals surface area contributed by atoms with Crippen LogP contribution in [0.4, 0.5) is 17.5 Å². The summed E-state index contributed by atoms with van der Waals surface area (Å²) in [5.41, 5.74) is 4.82. The Hall–Kier alpha value is -2.10. The Morgan fingerprint density at radius 3 is 2.30 bits per heavy atom. The number of nitrogens with one attached hydrogen (secondary N) is 1. The third-order valence-electron chi connectivity index (χ3n) is 4.51. The van der Waals surface area contributed by atoms with Gasteiger partial charge in [0.15, 0.2) is 0 Å². The molecule has 1 saturated heterocycles. The fourth-order valence-electron chi connectivity index (χ4n) is 3.23. The molecule has 1 N–H and O–H groups in total. The van der Waals surface area contributed by atoms with Gasteiger partial charge >= 0.3 is 0 Å². The van der Waals surface area contributed by atoms with E-state index < -0.39 is 0 Å². The fraction of sp³-hybridized carbons (Fsp3) is 0.474. The number of aryl methyl sites for hydroxylation is 3. The second kappa shape index (κ2) is 6.99. The predicted molar refractivity (Wildman–Crippen MR) is 96.7 cm³/mol. The summed E-state index contributed by atoms with van der Waals surface area (Å²) in [4.78, 5) is 11.7. The van der Waals surface area contributed by atoms with Crippen LogP contribution < -0.4 is 10.2 Å². The first-order valence-corrected chi connectivity index (χ1v) is 8.69. The topological polar surface area (TPSA) is 41.1 Å². The number of hydrogen-bond acceptors (Lipinski definition) is 4. The molecule has 1 fully saturated rings. The van der Waals surface area contributed by atoms with Crippen LogP contribution in [0.15, 0.2) is 24.3 Å². The third kappa shape index (κ3) is 3.46. The molecular weight excluding hydrogens is 284 g/mol. The Morgan fingerprint density at radius 2 is 1.70 bits per heavy atom. The highest BCUT2D eigenvalue weighted by Crippen LogP contribution is 2.27. The summed E-state index contributed by atoms with van der Waals surface area (Å²) in [5.74, 6) is 1.76. The van der Waals surface area contributed by atoms with Crippen molar-refractivity contribution in [3.05, 3.63) is 41.1 Å². The Morgan fingerprint density at radius 1 is 1.04 bits per heavy atom. The smallest absolute Gasteiger partial charge is 0.229 e. The zero-order chi connectivity index (χ0) is 16.2. The summed E-state index contributed by atoms with van der Waals surface area (Å²) < 4.78 is 0. The van der Waals surface area contributed by atoms with Gasteiger partial charge < -0.3 is 10.2 Å². The zero-order valence-corrected chi connectivity index (χ0v) is 14.4. The van der Waals surface area contributed by atoms with Gasteiger partial charge in [-0.25, -0.2) is 4.98 Å². The van der Waals surface area contributed by atoms with Gasteiger partial charge in [-0.3, -0.25) is 0 Å². The first kappa shape index (κ1) is 15.8. The zero-order valence-electron chi connectivity index (χ0n) is 14.4. The molecule has 23 heavy (non-hydrogen) atoms. The van der Waals surface area contributed by atoms with Crippen molar-refractivity contribution in [2.45, 2.75) is 46.5 Å². The maximum absolute atomic E-state index is 4.77. The van der Waals surface area contributed by atoms with Gasteiger partial charge in [0.2, 0.25) is 5.95 Å². The molecule has 4 heteroatoms. The van der Waals surface area contributed by atoms with Gasteiger partial charge in [-0.05, 0) is 43.7 Å². The van der Waals surface area contributed by atoms with Crippen LogP contribution >= 0.6 is 0 Å². The van der Waals surface area contributed by atoms with Gasteiger partial charge in [0, 0.05) is 30.5 Å². The molecule has 0 aliphatic carbocycles. The Labute approximate surface area is 139 Å². The highest BCUT2D eigenvalue weighted by molar-refractivity contribution is 5.64. The predicted octanol–water partition coefficient (Wildman–Crippen LogP) is 4.25. The van der Waals surface area contributed by atoms with Crippen molar-refractivity contribution in [2.24, 2.45) is 0 Å². The minimum atomic E-state index is 0.711. The molecule has 0 spiro atoms. The van der Waals surface area contributed by atoms with Gasteiger partial charge in [-0.15, -0.1) is 0 Å². The minimum Gasteiger partial charge on any atom is -0.356 e. The normalized spacial score (nSPS) is 14.3. The lowest BCUT2D eigenvalue weighted by atomic mass is 10.0. The SMILES string of the molecule is CCc1cccc(CC)c1Nc1nc(C)cc(N2CCCC2)n1. The van der Waals surface area contributed by atoms with Gasteiger partial charge in [0.05, 0.1) is 0 Å². The molecule has 2 aromatic rings. The van der Waals surface area contributed by atoms with E-state index in [1.54, 1.807) is 0 Å². The average molecular weight is 310 g/mol. The molecule has 0 radical (unpaired) electrons. The molecule has 0 atom stereocenters. The maximum atomic E-state index is 4.77. The number of aromatic nitrogens is 2. The minimum absolute atomic E-state index is 0.711. The Balaban J connectivity index is 1.94. The lowest BCUT2D eigenvalue weighted by Gasteiger charge is -2.19. The third-order valence-corrected chi connectivity index (χ3v) is 4.51. The Bertz CT molecular complexity index is 653. The maximum Gasteiger partial charge on any atom is 0.229 e. The summed E-state index contributed by atoms with van der Waals surface area (Å²) in [6.07, 6.45) is 4.51. The van der Waals surface area contributed by atoms with Crippen molar-refractivity contribution in [1.82, 2.24) is 9.97 Å². The van der Waals surface area contributed by atoms with Crippen LogP contribution in [0.1, 0.15) is 43.5 Å². The Kier molecular flexibility index (Phi) is 4.79. The van der Waals surface area contributed by atoms with Gasteiger partial charge in [-0.1, -0.05) is 32.0 Å². The average Bonchev–Trinajstić information content (AvgIpc) is 3.09. The number of hydrogen-bond donors (Lipinski definition) is 1. The molecule has 1 aromatic carbocycles.